The normalized spacial score (nSPS) is 11.7. The maximum absolute atomic E-state index is 10.8. The van der Waals surface area contributed by atoms with Gasteiger partial charge in [0.05, 0.1) is 0 Å². The minimum absolute atomic E-state index is 0.307. The van der Waals surface area contributed by atoms with Crippen LogP contribution in [0.3, 0.4) is 0 Å². The van der Waals surface area contributed by atoms with E-state index in [0.29, 0.717) is 11.7 Å². The third-order valence-electron chi connectivity index (χ3n) is 3.02. The number of halogens is 1. The fraction of sp³-hybridized carbons (Fsp3) is 0.188. The van der Waals surface area contributed by atoms with E-state index in [-0.39, 0.29) is 0 Å². The van der Waals surface area contributed by atoms with Gasteiger partial charge in [-0.05, 0) is 55.3 Å². The largest absolute Gasteiger partial charge is 0.382 e. The average Bonchev–Trinajstić information content (AvgIpc) is 2.43. The summed E-state index contributed by atoms with van der Waals surface area (Å²) < 4.78 is 1.09. The first-order chi connectivity index (χ1) is 10.0. The number of urea groups is 1. The third-order valence-corrected chi connectivity index (χ3v) is 3.55. The summed E-state index contributed by atoms with van der Waals surface area (Å²) in [7, 11) is 0. The van der Waals surface area contributed by atoms with Gasteiger partial charge in [-0.15, -0.1) is 0 Å². The minimum atomic E-state index is -0.556. The van der Waals surface area contributed by atoms with Crippen LogP contribution in [-0.2, 0) is 6.42 Å². The average molecular weight is 348 g/mol. The lowest BCUT2D eigenvalue weighted by Gasteiger charge is -2.16. The van der Waals surface area contributed by atoms with Crippen LogP contribution in [-0.4, -0.2) is 12.1 Å². The van der Waals surface area contributed by atoms with Gasteiger partial charge in [-0.2, -0.15) is 0 Å². The summed E-state index contributed by atoms with van der Waals surface area (Å²) in [5, 5.41) is 5.97. The van der Waals surface area contributed by atoms with Crippen LogP contribution in [0.5, 0.6) is 0 Å². The number of primary amides is 1. The van der Waals surface area contributed by atoms with E-state index >= 15 is 0 Å². The Kier molecular flexibility index (Phi) is 5.22. The zero-order valence-corrected chi connectivity index (χ0v) is 13.4. The quantitative estimate of drug-likeness (QED) is 0.765. The van der Waals surface area contributed by atoms with Crippen molar-refractivity contribution in [2.45, 2.75) is 19.4 Å². The molecule has 2 aromatic rings. The Morgan fingerprint density at radius 1 is 1.10 bits per heavy atom. The number of rotatable bonds is 5. The molecule has 0 radical (unpaired) electrons. The van der Waals surface area contributed by atoms with Gasteiger partial charge in [0.15, 0.2) is 0 Å². The van der Waals surface area contributed by atoms with Crippen molar-refractivity contribution in [3.63, 3.8) is 0 Å². The molecule has 0 heterocycles. The van der Waals surface area contributed by atoms with Gasteiger partial charge < -0.3 is 16.4 Å². The van der Waals surface area contributed by atoms with Gasteiger partial charge in [0, 0.05) is 21.9 Å². The van der Waals surface area contributed by atoms with E-state index < -0.39 is 6.03 Å². The van der Waals surface area contributed by atoms with Crippen molar-refractivity contribution in [2.24, 2.45) is 5.73 Å². The Bertz CT molecular complexity index is 596. The molecule has 2 amide bonds. The van der Waals surface area contributed by atoms with Crippen molar-refractivity contribution >= 4 is 33.3 Å². The lowest BCUT2D eigenvalue weighted by Crippen LogP contribution is -2.19. The van der Waals surface area contributed by atoms with Crippen molar-refractivity contribution < 1.29 is 4.79 Å². The molecular weight excluding hydrogens is 330 g/mol. The van der Waals surface area contributed by atoms with Crippen LogP contribution in [0.4, 0.5) is 16.2 Å². The Hall–Kier alpha value is -2.01. The smallest absolute Gasteiger partial charge is 0.316 e. The first kappa shape index (κ1) is 15.4. The van der Waals surface area contributed by atoms with Crippen molar-refractivity contribution in [3.8, 4) is 0 Å². The Morgan fingerprint density at radius 2 is 1.67 bits per heavy atom. The summed E-state index contributed by atoms with van der Waals surface area (Å²) in [6.45, 7) is 2.14. The number of nitrogens with two attached hydrogens (primary N) is 1. The molecule has 110 valence electrons. The van der Waals surface area contributed by atoms with Gasteiger partial charge in [-0.25, -0.2) is 4.79 Å². The summed E-state index contributed by atoms with van der Waals surface area (Å²) >= 11 is 3.43. The van der Waals surface area contributed by atoms with Gasteiger partial charge in [-0.1, -0.05) is 28.1 Å². The second-order valence-corrected chi connectivity index (χ2v) is 5.86. The summed E-state index contributed by atoms with van der Waals surface area (Å²) in [6.07, 6.45) is 0.939. The van der Waals surface area contributed by atoms with E-state index in [4.69, 9.17) is 5.73 Å². The second kappa shape index (κ2) is 7.13. The highest BCUT2D eigenvalue weighted by molar-refractivity contribution is 9.10. The zero-order valence-electron chi connectivity index (χ0n) is 11.8. The van der Waals surface area contributed by atoms with Crippen LogP contribution < -0.4 is 16.4 Å². The predicted octanol–water partition coefficient (Wildman–Crippen LogP) is 3.98. The van der Waals surface area contributed by atoms with Crippen LogP contribution in [0.2, 0.25) is 0 Å². The number of amides is 2. The molecule has 5 heteroatoms. The molecule has 0 bridgehead atoms. The Morgan fingerprint density at radius 3 is 2.24 bits per heavy atom. The van der Waals surface area contributed by atoms with Crippen molar-refractivity contribution in [2.75, 3.05) is 10.6 Å². The molecule has 0 aliphatic heterocycles. The van der Waals surface area contributed by atoms with E-state index in [1.807, 2.05) is 36.4 Å². The maximum Gasteiger partial charge on any atom is 0.316 e. The van der Waals surface area contributed by atoms with Crippen molar-refractivity contribution in [1.29, 1.82) is 0 Å². The second-order valence-electron chi connectivity index (χ2n) is 4.94. The highest BCUT2D eigenvalue weighted by atomic mass is 79.9. The molecule has 0 aromatic heterocycles. The van der Waals surface area contributed by atoms with E-state index in [2.05, 4.69) is 45.6 Å². The first-order valence-electron chi connectivity index (χ1n) is 6.70. The number of benzene rings is 2. The van der Waals surface area contributed by atoms with Gasteiger partial charge >= 0.3 is 6.03 Å². The molecule has 4 nitrogen and oxygen atoms in total. The van der Waals surface area contributed by atoms with Crippen molar-refractivity contribution in [3.05, 3.63) is 58.6 Å². The maximum atomic E-state index is 10.8. The van der Waals surface area contributed by atoms with Crippen LogP contribution in [0, 0.1) is 0 Å². The molecule has 0 saturated carbocycles. The number of anilines is 2. The molecular formula is C16H18BrN3O. The van der Waals surface area contributed by atoms with Gasteiger partial charge in [0.25, 0.3) is 0 Å². The van der Waals surface area contributed by atoms with E-state index in [1.54, 1.807) is 0 Å². The molecule has 4 N–H and O–H groups in total. The Labute approximate surface area is 132 Å². The molecule has 0 spiro atoms. The number of hydrogen-bond donors (Lipinski definition) is 3. The minimum Gasteiger partial charge on any atom is -0.382 e. The molecule has 0 aliphatic carbocycles. The number of carbonyl (C=O) groups is 1. The van der Waals surface area contributed by atoms with Crippen LogP contribution >= 0.6 is 15.9 Å². The molecule has 21 heavy (non-hydrogen) atoms. The number of nitrogens with one attached hydrogen (secondary N) is 2. The van der Waals surface area contributed by atoms with Gasteiger partial charge in [0.2, 0.25) is 0 Å². The zero-order chi connectivity index (χ0) is 15.2. The van der Waals surface area contributed by atoms with Gasteiger partial charge in [-0.3, -0.25) is 0 Å². The first-order valence-corrected chi connectivity index (χ1v) is 7.50. The third kappa shape index (κ3) is 5.11. The topological polar surface area (TPSA) is 67.2 Å². The van der Waals surface area contributed by atoms with E-state index in [9.17, 15) is 4.79 Å². The molecule has 0 aliphatic rings. The number of carbonyl (C=O) groups excluding carboxylic acids is 1. The fourth-order valence-corrected chi connectivity index (χ4v) is 2.37. The highest BCUT2D eigenvalue weighted by Crippen LogP contribution is 2.16. The van der Waals surface area contributed by atoms with E-state index in [1.165, 1.54) is 5.56 Å². The van der Waals surface area contributed by atoms with Gasteiger partial charge in [0.1, 0.15) is 0 Å². The molecule has 1 atom stereocenters. The highest BCUT2D eigenvalue weighted by Gasteiger charge is 2.04. The summed E-state index contributed by atoms with van der Waals surface area (Å²) in [5.41, 5.74) is 8.05. The molecule has 1 unspecified atom stereocenters. The molecule has 2 aromatic carbocycles. The SMILES string of the molecule is CC(Cc1ccc(Br)cc1)Nc1ccc(NC(N)=O)cc1. The Balaban J connectivity index is 1.91. The number of hydrogen-bond acceptors (Lipinski definition) is 2. The fourth-order valence-electron chi connectivity index (χ4n) is 2.10. The summed E-state index contributed by atoms with van der Waals surface area (Å²) in [5.74, 6) is 0. The van der Waals surface area contributed by atoms with E-state index in [0.717, 1.165) is 16.6 Å². The van der Waals surface area contributed by atoms with Crippen LogP contribution in [0.15, 0.2) is 53.0 Å². The standard InChI is InChI=1S/C16H18BrN3O/c1-11(10-12-2-4-13(17)5-3-12)19-14-6-8-15(9-7-14)20-16(18)21/h2-9,11,19H,10H2,1H3,(H3,18,20,21). The summed E-state index contributed by atoms with van der Waals surface area (Å²) in [6, 6.07) is 15.6. The molecule has 2 rings (SSSR count). The molecule has 0 fully saturated rings. The summed E-state index contributed by atoms with van der Waals surface area (Å²) in [4.78, 5) is 10.8. The van der Waals surface area contributed by atoms with Crippen molar-refractivity contribution in [1.82, 2.24) is 0 Å². The lowest BCUT2D eigenvalue weighted by molar-refractivity contribution is 0.259. The monoisotopic (exact) mass is 347 g/mol. The van der Waals surface area contributed by atoms with Crippen LogP contribution in [0.25, 0.3) is 0 Å². The molecule has 0 saturated heterocycles. The van der Waals surface area contributed by atoms with Crippen LogP contribution in [0.1, 0.15) is 12.5 Å². The lowest BCUT2D eigenvalue weighted by atomic mass is 10.1. The predicted molar refractivity (Wildman–Crippen MR) is 90.6 cm³/mol.